The summed E-state index contributed by atoms with van der Waals surface area (Å²) in [5.74, 6) is 0. The standard InChI is InChI=1S/C9H12BN.C2H6.H2/c1-7(11)6-8-2-4-9(10)5-3-8;1-2;/h2-5,7H,6,11H2,1H3;1-2H3;1H. The quantitative estimate of drug-likeness (QED) is 0.683. The number of hydrogen-bond donors (Lipinski definition) is 1. The van der Waals surface area contributed by atoms with Crippen LogP contribution in [0.1, 0.15) is 27.8 Å². The molecule has 0 saturated heterocycles. The van der Waals surface area contributed by atoms with Gasteiger partial charge in [0, 0.05) is 7.47 Å². The van der Waals surface area contributed by atoms with Crippen LogP contribution in [-0.2, 0) is 6.42 Å². The van der Waals surface area contributed by atoms with Gasteiger partial charge in [-0.15, -0.1) is 0 Å². The van der Waals surface area contributed by atoms with E-state index >= 15 is 0 Å². The lowest BCUT2D eigenvalue weighted by molar-refractivity contribution is 0.738. The smallest absolute Gasteiger partial charge is 0.113 e. The van der Waals surface area contributed by atoms with Crippen LogP contribution in [0.4, 0.5) is 0 Å². The summed E-state index contributed by atoms with van der Waals surface area (Å²) in [6, 6.07) is 8.05. The number of rotatable bonds is 2. The molecule has 0 bridgehead atoms. The molecule has 1 aromatic rings. The average Bonchev–Trinajstić information content (AvgIpc) is 2.12. The van der Waals surface area contributed by atoms with Gasteiger partial charge in [-0.25, -0.2) is 0 Å². The molecule has 2 heteroatoms. The molecule has 1 rings (SSSR count). The second kappa shape index (κ2) is 6.73. The average molecular weight is 177 g/mol. The molecule has 0 fully saturated rings. The molecule has 0 heterocycles. The Balaban J connectivity index is 0. The molecule has 0 aliphatic carbocycles. The highest BCUT2D eigenvalue weighted by Gasteiger charge is 1.95. The van der Waals surface area contributed by atoms with Gasteiger partial charge in [-0.3, -0.25) is 0 Å². The summed E-state index contributed by atoms with van der Waals surface area (Å²) in [5.41, 5.74) is 7.68. The van der Waals surface area contributed by atoms with E-state index in [1.807, 2.05) is 45.0 Å². The first-order valence-corrected chi connectivity index (χ1v) is 4.78. The van der Waals surface area contributed by atoms with Gasteiger partial charge < -0.3 is 5.73 Å². The van der Waals surface area contributed by atoms with E-state index in [4.69, 9.17) is 13.6 Å². The summed E-state index contributed by atoms with van der Waals surface area (Å²) in [6.45, 7) is 6.00. The van der Waals surface area contributed by atoms with Crippen LogP contribution in [0.15, 0.2) is 24.3 Å². The predicted molar refractivity (Wildman–Crippen MR) is 62.6 cm³/mol. The van der Waals surface area contributed by atoms with E-state index in [-0.39, 0.29) is 7.47 Å². The van der Waals surface area contributed by atoms with Gasteiger partial charge in [-0.1, -0.05) is 43.6 Å². The van der Waals surface area contributed by atoms with E-state index in [0.29, 0.717) is 0 Å². The van der Waals surface area contributed by atoms with Gasteiger partial charge in [0.25, 0.3) is 0 Å². The van der Waals surface area contributed by atoms with Crippen LogP contribution >= 0.6 is 0 Å². The first kappa shape index (κ1) is 12.2. The molecule has 13 heavy (non-hydrogen) atoms. The summed E-state index contributed by atoms with van der Waals surface area (Å²) < 4.78 is 0. The van der Waals surface area contributed by atoms with Crippen molar-refractivity contribution < 1.29 is 1.43 Å². The maximum absolute atomic E-state index is 5.63. The van der Waals surface area contributed by atoms with E-state index in [0.717, 1.165) is 11.9 Å². The largest absolute Gasteiger partial charge is 0.328 e. The third kappa shape index (κ3) is 5.48. The Hall–Kier alpha value is -0.755. The van der Waals surface area contributed by atoms with Crippen molar-refractivity contribution in [3.8, 4) is 0 Å². The molecule has 1 aromatic carbocycles. The van der Waals surface area contributed by atoms with Gasteiger partial charge in [-0.2, -0.15) is 0 Å². The Morgan fingerprint density at radius 3 is 2.15 bits per heavy atom. The van der Waals surface area contributed by atoms with Crippen LogP contribution in [0.25, 0.3) is 0 Å². The SMILES string of the molecule is CC.[B]c1ccc(CC(C)N)cc1.[HH]. The van der Waals surface area contributed by atoms with Crippen LogP contribution in [0.2, 0.25) is 0 Å². The van der Waals surface area contributed by atoms with Crippen LogP contribution in [0.3, 0.4) is 0 Å². The number of benzene rings is 1. The monoisotopic (exact) mass is 177 g/mol. The zero-order valence-corrected chi connectivity index (χ0v) is 8.75. The van der Waals surface area contributed by atoms with E-state index < -0.39 is 0 Å². The van der Waals surface area contributed by atoms with E-state index in [1.165, 1.54) is 5.56 Å². The summed E-state index contributed by atoms with van der Waals surface area (Å²) in [7, 11) is 5.53. The first-order chi connectivity index (χ1) is 6.18. The third-order valence-electron chi connectivity index (χ3n) is 1.54. The molecule has 0 aliphatic heterocycles. The summed E-state index contributed by atoms with van der Waals surface area (Å²) in [5, 5.41) is 0. The van der Waals surface area contributed by atoms with Crippen molar-refractivity contribution in [2.75, 3.05) is 0 Å². The second-order valence-corrected chi connectivity index (χ2v) is 2.92. The van der Waals surface area contributed by atoms with Crippen molar-refractivity contribution in [2.45, 2.75) is 33.2 Å². The van der Waals surface area contributed by atoms with Crippen molar-refractivity contribution in [3.05, 3.63) is 29.8 Å². The van der Waals surface area contributed by atoms with Crippen molar-refractivity contribution in [1.82, 2.24) is 0 Å². The van der Waals surface area contributed by atoms with Gasteiger partial charge in [0.15, 0.2) is 0 Å². The molecule has 2 N–H and O–H groups in total. The molecule has 1 nitrogen and oxygen atoms in total. The van der Waals surface area contributed by atoms with Crippen LogP contribution in [-0.4, -0.2) is 13.9 Å². The Labute approximate surface area is 84.2 Å². The zero-order chi connectivity index (χ0) is 10.3. The third-order valence-corrected chi connectivity index (χ3v) is 1.54. The summed E-state index contributed by atoms with van der Waals surface area (Å²) >= 11 is 0. The lowest BCUT2D eigenvalue weighted by Gasteiger charge is -2.04. The van der Waals surface area contributed by atoms with Gasteiger partial charge >= 0.3 is 0 Å². The first-order valence-electron chi connectivity index (χ1n) is 4.78. The highest BCUT2D eigenvalue weighted by Crippen LogP contribution is 1.99. The van der Waals surface area contributed by atoms with Crippen LogP contribution < -0.4 is 11.2 Å². The minimum Gasteiger partial charge on any atom is -0.328 e. The van der Waals surface area contributed by atoms with E-state index in [2.05, 4.69) is 0 Å². The fourth-order valence-electron chi connectivity index (χ4n) is 1.03. The predicted octanol–water partition coefficient (Wildman–Crippen LogP) is 1.64. The van der Waals surface area contributed by atoms with Crippen molar-refractivity contribution >= 4 is 13.3 Å². The maximum atomic E-state index is 5.63. The minimum atomic E-state index is 0. The van der Waals surface area contributed by atoms with Crippen LogP contribution in [0, 0.1) is 0 Å². The Morgan fingerprint density at radius 2 is 1.77 bits per heavy atom. The van der Waals surface area contributed by atoms with Gasteiger partial charge in [0.2, 0.25) is 0 Å². The topological polar surface area (TPSA) is 26.0 Å². The number of hydrogen-bond acceptors (Lipinski definition) is 1. The fraction of sp³-hybridized carbons (Fsp3) is 0.455. The van der Waals surface area contributed by atoms with Gasteiger partial charge in [0.05, 0.1) is 0 Å². The molecule has 72 valence electrons. The Kier molecular flexibility index (Phi) is 6.34. The van der Waals surface area contributed by atoms with Gasteiger partial charge in [-0.05, 0) is 18.9 Å². The van der Waals surface area contributed by atoms with Crippen molar-refractivity contribution in [2.24, 2.45) is 5.73 Å². The zero-order valence-electron chi connectivity index (χ0n) is 8.75. The van der Waals surface area contributed by atoms with E-state index in [9.17, 15) is 0 Å². The van der Waals surface area contributed by atoms with Crippen LogP contribution in [0.5, 0.6) is 0 Å². The normalized spacial score (nSPS) is 11.4. The fourth-order valence-corrected chi connectivity index (χ4v) is 1.03. The molecule has 0 aliphatic rings. The van der Waals surface area contributed by atoms with Gasteiger partial charge in [0.1, 0.15) is 7.85 Å². The van der Waals surface area contributed by atoms with Crippen molar-refractivity contribution in [1.29, 1.82) is 0 Å². The molecule has 0 saturated carbocycles. The second-order valence-electron chi connectivity index (χ2n) is 2.92. The molecule has 0 spiro atoms. The molecular formula is C11H20BN. The van der Waals surface area contributed by atoms with Crippen molar-refractivity contribution in [3.63, 3.8) is 0 Å². The molecule has 2 radical (unpaired) electrons. The van der Waals surface area contributed by atoms with E-state index in [1.54, 1.807) is 0 Å². The highest BCUT2D eigenvalue weighted by atomic mass is 14.6. The summed E-state index contributed by atoms with van der Waals surface area (Å²) in [4.78, 5) is 0. The molecule has 0 amide bonds. The Bertz CT molecular complexity index is 221. The molecule has 1 atom stereocenters. The Morgan fingerprint density at radius 1 is 1.31 bits per heavy atom. The minimum absolute atomic E-state index is 0. The maximum Gasteiger partial charge on any atom is 0.113 e. The lowest BCUT2D eigenvalue weighted by atomic mass is 9.94. The number of nitrogens with two attached hydrogens (primary N) is 1. The molecule has 1 unspecified atom stereocenters. The highest BCUT2D eigenvalue weighted by molar-refractivity contribution is 6.32. The summed E-state index contributed by atoms with van der Waals surface area (Å²) in [6.07, 6.45) is 0.917. The lowest BCUT2D eigenvalue weighted by Crippen LogP contribution is -2.18. The molecule has 0 aromatic heterocycles. The molecular weight excluding hydrogens is 157 g/mol.